The van der Waals surface area contributed by atoms with Crippen molar-refractivity contribution in [3.8, 4) is 11.1 Å². The van der Waals surface area contributed by atoms with Gasteiger partial charge in [-0.3, -0.25) is 9.59 Å². The van der Waals surface area contributed by atoms with Crippen LogP contribution in [0.5, 0.6) is 0 Å². The van der Waals surface area contributed by atoms with Crippen LogP contribution in [0, 0.1) is 0 Å². The van der Waals surface area contributed by atoms with Crippen LogP contribution in [0.3, 0.4) is 0 Å². The second kappa shape index (κ2) is 7.50. The highest BCUT2D eigenvalue weighted by Crippen LogP contribution is 2.43. The molecule has 1 fully saturated rings. The van der Waals surface area contributed by atoms with Crippen molar-refractivity contribution in [1.82, 2.24) is 4.57 Å². The maximum absolute atomic E-state index is 13.0. The highest BCUT2D eigenvalue weighted by Gasteiger charge is 2.45. The molecule has 1 aromatic heterocycles. The Hall–Kier alpha value is -2.89. The van der Waals surface area contributed by atoms with Crippen molar-refractivity contribution in [2.45, 2.75) is 57.5 Å². The average Bonchev–Trinajstić information content (AvgIpc) is 3.13. The van der Waals surface area contributed by atoms with E-state index in [-0.39, 0.29) is 11.5 Å². The lowest BCUT2D eigenvalue weighted by Crippen LogP contribution is -2.39. The van der Waals surface area contributed by atoms with Crippen molar-refractivity contribution < 1.29 is 19.4 Å². The molecule has 0 saturated heterocycles. The van der Waals surface area contributed by atoms with E-state index in [2.05, 4.69) is 0 Å². The molecule has 6 heteroatoms. The molecule has 0 unspecified atom stereocenters. The number of nitrogens with zero attached hydrogens (tertiary/aromatic N) is 1. The van der Waals surface area contributed by atoms with E-state index in [0.717, 1.165) is 31.2 Å². The number of hydrogen-bond donors (Lipinski definition) is 1. The number of aromatic carboxylic acids is 1. The van der Waals surface area contributed by atoms with Crippen LogP contribution in [0.15, 0.2) is 41.5 Å². The van der Waals surface area contributed by atoms with Gasteiger partial charge in [-0.05, 0) is 44.7 Å². The Labute approximate surface area is 170 Å². The Morgan fingerprint density at radius 2 is 1.66 bits per heavy atom. The molecule has 1 heterocycles. The fourth-order valence-corrected chi connectivity index (χ4v) is 4.00. The predicted octanol–water partition coefficient (Wildman–Crippen LogP) is 3.90. The summed E-state index contributed by atoms with van der Waals surface area (Å²) in [7, 11) is 1.68. The lowest BCUT2D eigenvalue weighted by molar-refractivity contribution is -0.162. The molecule has 0 spiro atoms. The molecule has 1 aliphatic rings. The standard InChI is InChI=1S/C23H27NO5/c1-22(2,3)29-21(28)23(11-5-6-12-23)16-9-7-15(8-10-16)17-13-24(4)14-18(19(17)25)20(26)27/h7-10,13-14H,5-6,11-12H2,1-4H3,(H,26,27). The maximum atomic E-state index is 13.0. The molecule has 1 N–H and O–H groups in total. The van der Waals surface area contributed by atoms with Gasteiger partial charge in [0.15, 0.2) is 0 Å². The third kappa shape index (κ3) is 4.11. The van der Waals surface area contributed by atoms with Gasteiger partial charge in [0, 0.05) is 25.0 Å². The van der Waals surface area contributed by atoms with Crippen LogP contribution >= 0.6 is 0 Å². The number of carboxylic acid groups (broad SMARTS) is 1. The topological polar surface area (TPSA) is 85.6 Å². The van der Waals surface area contributed by atoms with E-state index in [9.17, 15) is 19.5 Å². The van der Waals surface area contributed by atoms with E-state index in [4.69, 9.17) is 4.74 Å². The molecule has 0 amide bonds. The van der Waals surface area contributed by atoms with E-state index < -0.39 is 22.4 Å². The van der Waals surface area contributed by atoms with Crippen molar-refractivity contribution in [1.29, 1.82) is 0 Å². The number of hydrogen-bond acceptors (Lipinski definition) is 4. The van der Waals surface area contributed by atoms with Crippen LogP contribution in [-0.4, -0.2) is 27.2 Å². The quantitative estimate of drug-likeness (QED) is 0.791. The molecule has 0 atom stereocenters. The predicted molar refractivity (Wildman–Crippen MR) is 110 cm³/mol. The van der Waals surface area contributed by atoms with Gasteiger partial charge in [-0.1, -0.05) is 37.1 Å². The van der Waals surface area contributed by atoms with Crippen molar-refractivity contribution in [3.05, 3.63) is 58.0 Å². The first-order chi connectivity index (χ1) is 13.5. The zero-order valence-electron chi connectivity index (χ0n) is 17.3. The zero-order valence-corrected chi connectivity index (χ0v) is 17.3. The van der Waals surface area contributed by atoms with Crippen LogP contribution in [0.1, 0.15) is 62.4 Å². The largest absolute Gasteiger partial charge is 0.477 e. The molecule has 154 valence electrons. The molecule has 1 saturated carbocycles. The Morgan fingerprint density at radius 1 is 1.07 bits per heavy atom. The minimum atomic E-state index is -1.25. The van der Waals surface area contributed by atoms with Crippen molar-refractivity contribution >= 4 is 11.9 Å². The van der Waals surface area contributed by atoms with Crippen molar-refractivity contribution in [2.24, 2.45) is 7.05 Å². The molecule has 0 aliphatic heterocycles. The number of aromatic nitrogens is 1. The van der Waals surface area contributed by atoms with Gasteiger partial charge in [-0.25, -0.2) is 4.79 Å². The van der Waals surface area contributed by atoms with Gasteiger partial charge in [0.1, 0.15) is 11.2 Å². The first kappa shape index (κ1) is 20.8. The summed E-state index contributed by atoms with van der Waals surface area (Å²) in [5.41, 5.74) is -0.206. The lowest BCUT2D eigenvalue weighted by atomic mass is 9.78. The number of carbonyl (C=O) groups is 2. The Morgan fingerprint density at radius 3 is 2.17 bits per heavy atom. The lowest BCUT2D eigenvalue weighted by Gasteiger charge is -2.31. The highest BCUT2D eigenvalue weighted by molar-refractivity contribution is 5.89. The summed E-state index contributed by atoms with van der Waals surface area (Å²) in [5, 5.41) is 9.27. The van der Waals surface area contributed by atoms with Crippen molar-refractivity contribution in [3.63, 3.8) is 0 Å². The van der Waals surface area contributed by atoms with Crippen LogP contribution in [-0.2, 0) is 22.0 Å². The summed E-state index contributed by atoms with van der Waals surface area (Å²) in [6.45, 7) is 5.59. The normalized spacial score (nSPS) is 15.9. The Kier molecular flexibility index (Phi) is 5.39. The first-order valence-corrected chi connectivity index (χ1v) is 9.81. The van der Waals surface area contributed by atoms with Crippen LogP contribution in [0.4, 0.5) is 0 Å². The number of esters is 1. The van der Waals surface area contributed by atoms with Crippen molar-refractivity contribution in [2.75, 3.05) is 0 Å². The van der Waals surface area contributed by atoms with Crippen LogP contribution < -0.4 is 5.43 Å². The van der Waals surface area contributed by atoms with Gasteiger partial charge >= 0.3 is 11.9 Å². The smallest absolute Gasteiger partial charge is 0.341 e. The number of pyridine rings is 1. The van der Waals surface area contributed by atoms with Gasteiger partial charge in [-0.2, -0.15) is 0 Å². The van der Waals surface area contributed by atoms with Gasteiger partial charge in [0.05, 0.1) is 5.41 Å². The van der Waals surface area contributed by atoms with E-state index in [1.807, 2.05) is 32.9 Å². The summed E-state index contributed by atoms with van der Waals surface area (Å²) >= 11 is 0. The third-order valence-corrected chi connectivity index (χ3v) is 5.38. The van der Waals surface area contributed by atoms with Gasteiger partial charge in [0.25, 0.3) is 0 Å². The fourth-order valence-electron chi connectivity index (χ4n) is 4.00. The number of carbonyl (C=O) groups excluding carboxylic acids is 1. The summed E-state index contributed by atoms with van der Waals surface area (Å²) in [6.07, 6.45) is 6.31. The summed E-state index contributed by atoms with van der Waals surface area (Å²) in [5.74, 6) is -1.46. The van der Waals surface area contributed by atoms with Gasteiger partial charge in [0.2, 0.25) is 5.43 Å². The van der Waals surface area contributed by atoms with Gasteiger partial charge in [-0.15, -0.1) is 0 Å². The molecule has 6 nitrogen and oxygen atoms in total. The molecule has 1 aromatic carbocycles. The fraction of sp³-hybridized carbons (Fsp3) is 0.435. The third-order valence-electron chi connectivity index (χ3n) is 5.38. The highest BCUT2D eigenvalue weighted by atomic mass is 16.6. The number of carboxylic acids is 1. The van der Waals surface area contributed by atoms with E-state index in [0.29, 0.717) is 11.1 Å². The number of aryl methyl sites for hydroxylation is 1. The second-order valence-electron chi connectivity index (χ2n) is 8.75. The molecule has 1 aliphatic carbocycles. The van der Waals surface area contributed by atoms with E-state index in [1.165, 1.54) is 6.20 Å². The molecule has 0 radical (unpaired) electrons. The molecular weight excluding hydrogens is 370 g/mol. The molecule has 2 aromatic rings. The molecule has 29 heavy (non-hydrogen) atoms. The summed E-state index contributed by atoms with van der Waals surface area (Å²) < 4.78 is 7.28. The second-order valence-corrected chi connectivity index (χ2v) is 8.75. The number of benzene rings is 1. The monoisotopic (exact) mass is 397 g/mol. The molecular formula is C23H27NO5. The average molecular weight is 397 g/mol. The minimum Gasteiger partial charge on any atom is -0.477 e. The Balaban J connectivity index is 2.01. The zero-order chi connectivity index (χ0) is 21.4. The van der Waals surface area contributed by atoms with Gasteiger partial charge < -0.3 is 14.4 Å². The maximum Gasteiger partial charge on any atom is 0.341 e. The van der Waals surface area contributed by atoms with Crippen LogP contribution in [0.2, 0.25) is 0 Å². The van der Waals surface area contributed by atoms with E-state index >= 15 is 0 Å². The first-order valence-electron chi connectivity index (χ1n) is 9.81. The SMILES string of the molecule is Cn1cc(C(=O)O)c(=O)c(-c2ccc(C3(C(=O)OC(C)(C)C)CCCC3)cc2)c1. The van der Waals surface area contributed by atoms with E-state index in [1.54, 1.807) is 29.9 Å². The summed E-state index contributed by atoms with van der Waals surface area (Å²) in [4.78, 5) is 36.9. The number of ether oxygens (including phenoxy) is 1. The molecule has 3 rings (SSSR count). The van der Waals surface area contributed by atoms with Crippen LogP contribution in [0.25, 0.3) is 11.1 Å². The minimum absolute atomic E-state index is 0.209. The summed E-state index contributed by atoms with van der Waals surface area (Å²) in [6, 6.07) is 7.28. The molecule has 0 bridgehead atoms. The number of rotatable bonds is 4. The Bertz CT molecular complexity index is 989.